The summed E-state index contributed by atoms with van der Waals surface area (Å²) in [6.45, 7) is 5.00. The van der Waals surface area contributed by atoms with Gasteiger partial charge in [0.1, 0.15) is 5.69 Å². The molecule has 2 heterocycles. The van der Waals surface area contributed by atoms with Crippen LogP contribution in [0.3, 0.4) is 0 Å². The van der Waals surface area contributed by atoms with Gasteiger partial charge < -0.3 is 5.32 Å². The van der Waals surface area contributed by atoms with Gasteiger partial charge in [-0.05, 0) is 20.3 Å². The van der Waals surface area contributed by atoms with E-state index in [9.17, 15) is 4.79 Å². The molecule has 8 heteroatoms. The van der Waals surface area contributed by atoms with Crippen molar-refractivity contribution in [1.82, 2.24) is 25.3 Å². The minimum Gasteiger partial charge on any atom is -0.351 e. The number of hydrogen-bond donors (Lipinski definition) is 2. The zero-order valence-electron chi connectivity index (χ0n) is 11.2. The van der Waals surface area contributed by atoms with E-state index in [0.29, 0.717) is 23.1 Å². The molecule has 0 bridgehead atoms. The van der Waals surface area contributed by atoms with Crippen LogP contribution in [0.15, 0.2) is 6.20 Å². The Morgan fingerprint density at radius 1 is 1.45 bits per heavy atom. The number of carbonyl (C=O) groups excluding carboxylic acids is 1. The van der Waals surface area contributed by atoms with E-state index in [4.69, 9.17) is 23.2 Å². The van der Waals surface area contributed by atoms with Crippen LogP contribution in [0.1, 0.15) is 28.3 Å². The van der Waals surface area contributed by atoms with Crippen molar-refractivity contribution < 1.29 is 4.79 Å². The van der Waals surface area contributed by atoms with Crippen LogP contribution >= 0.6 is 23.2 Å². The summed E-state index contributed by atoms with van der Waals surface area (Å²) < 4.78 is 1.84. The minimum absolute atomic E-state index is 0.265. The van der Waals surface area contributed by atoms with E-state index in [-0.39, 0.29) is 11.6 Å². The molecule has 0 saturated carbocycles. The summed E-state index contributed by atoms with van der Waals surface area (Å²) in [5, 5.41) is 14.3. The van der Waals surface area contributed by atoms with Gasteiger partial charge in [0.05, 0.1) is 27.6 Å². The molecule has 108 valence electrons. The van der Waals surface area contributed by atoms with Crippen molar-refractivity contribution in [3.8, 4) is 0 Å². The van der Waals surface area contributed by atoms with Gasteiger partial charge in [-0.15, -0.1) is 0 Å². The normalized spacial score (nSPS) is 10.8. The van der Waals surface area contributed by atoms with E-state index in [1.54, 1.807) is 0 Å². The number of amides is 1. The number of halogens is 2. The van der Waals surface area contributed by atoms with Crippen molar-refractivity contribution in [3.63, 3.8) is 0 Å². The average molecular weight is 316 g/mol. The molecule has 0 aliphatic rings. The second kappa shape index (κ2) is 6.28. The van der Waals surface area contributed by atoms with Gasteiger partial charge >= 0.3 is 0 Å². The number of carbonyl (C=O) groups is 1. The van der Waals surface area contributed by atoms with Gasteiger partial charge in [-0.3, -0.25) is 14.6 Å². The molecule has 0 unspecified atom stereocenters. The van der Waals surface area contributed by atoms with E-state index in [2.05, 4.69) is 20.6 Å². The maximum atomic E-state index is 11.8. The number of hydrogen-bond acceptors (Lipinski definition) is 3. The number of nitrogens with zero attached hydrogens (tertiary/aromatic N) is 3. The molecule has 2 aromatic heterocycles. The summed E-state index contributed by atoms with van der Waals surface area (Å²) in [5.41, 5.74) is 2.03. The molecule has 6 nitrogen and oxygen atoms in total. The topological polar surface area (TPSA) is 75.6 Å². The Morgan fingerprint density at radius 2 is 2.20 bits per heavy atom. The van der Waals surface area contributed by atoms with Crippen LogP contribution in [0.4, 0.5) is 0 Å². The van der Waals surface area contributed by atoms with Crippen molar-refractivity contribution in [2.75, 3.05) is 6.54 Å². The number of rotatable bonds is 5. The van der Waals surface area contributed by atoms with Crippen LogP contribution in [0.25, 0.3) is 0 Å². The van der Waals surface area contributed by atoms with E-state index < -0.39 is 0 Å². The van der Waals surface area contributed by atoms with Gasteiger partial charge in [0.2, 0.25) is 0 Å². The quantitative estimate of drug-likeness (QED) is 0.832. The highest BCUT2D eigenvalue weighted by atomic mass is 35.5. The van der Waals surface area contributed by atoms with E-state index >= 15 is 0 Å². The Labute approximate surface area is 126 Å². The molecule has 0 atom stereocenters. The number of aromatic nitrogens is 4. The molecule has 0 aromatic carbocycles. The lowest BCUT2D eigenvalue weighted by Crippen LogP contribution is -2.26. The monoisotopic (exact) mass is 315 g/mol. The van der Waals surface area contributed by atoms with Crippen LogP contribution in [-0.2, 0) is 6.54 Å². The zero-order valence-corrected chi connectivity index (χ0v) is 12.7. The molecule has 2 rings (SSSR count). The number of H-pyrrole nitrogens is 1. The lowest BCUT2D eigenvalue weighted by molar-refractivity contribution is 0.0947. The molecular formula is C12H15Cl2N5O. The molecule has 0 spiro atoms. The summed E-state index contributed by atoms with van der Waals surface area (Å²) in [6, 6.07) is 0. The lowest BCUT2D eigenvalue weighted by Gasteiger charge is -2.06. The van der Waals surface area contributed by atoms with Crippen LogP contribution in [0.2, 0.25) is 10.0 Å². The first kappa shape index (κ1) is 14.9. The zero-order chi connectivity index (χ0) is 14.7. The van der Waals surface area contributed by atoms with Gasteiger partial charge in [-0.2, -0.15) is 10.2 Å². The van der Waals surface area contributed by atoms with E-state index in [0.717, 1.165) is 17.8 Å². The maximum Gasteiger partial charge on any atom is 0.270 e. The molecule has 1 amide bonds. The van der Waals surface area contributed by atoms with E-state index in [1.807, 2.05) is 18.5 Å². The average Bonchev–Trinajstić information content (AvgIpc) is 2.94. The van der Waals surface area contributed by atoms with Crippen molar-refractivity contribution in [2.45, 2.75) is 26.8 Å². The lowest BCUT2D eigenvalue weighted by atomic mass is 10.3. The SMILES string of the molecule is Cc1nn(CCCNC(=O)c2[nH]ncc2Cl)c(C)c1Cl. The molecule has 0 aliphatic carbocycles. The molecule has 0 aliphatic heterocycles. The van der Waals surface area contributed by atoms with Gasteiger partial charge in [0.15, 0.2) is 0 Å². The van der Waals surface area contributed by atoms with E-state index in [1.165, 1.54) is 6.20 Å². The van der Waals surface area contributed by atoms with Crippen molar-refractivity contribution in [1.29, 1.82) is 0 Å². The third-order valence-electron chi connectivity index (χ3n) is 2.95. The summed E-state index contributed by atoms with van der Waals surface area (Å²) in [7, 11) is 0. The minimum atomic E-state index is -0.265. The highest BCUT2D eigenvalue weighted by Crippen LogP contribution is 2.18. The fourth-order valence-electron chi connectivity index (χ4n) is 1.84. The first-order valence-electron chi connectivity index (χ1n) is 6.17. The number of aryl methyl sites for hydroxylation is 2. The van der Waals surface area contributed by atoms with Crippen LogP contribution in [0, 0.1) is 13.8 Å². The Hall–Kier alpha value is -1.53. The van der Waals surface area contributed by atoms with Crippen molar-refractivity contribution >= 4 is 29.1 Å². The fourth-order valence-corrected chi connectivity index (χ4v) is 2.15. The van der Waals surface area contributed by atoms with Crippen LogP contribution in [-0.4, -0.2) is 32.4 Å². The van der Waals surface area contributed by atoms with Gasteiger partial charge in [0.25, 0.3) is 5.91 Å². The van der Waals surface area contributed by atoms with Gasteiger partial charge in [0, 0.05) is 13.1 Å². The van der Waals surface area contributed by atoms with Crippen LogP contribution in [0.5, 0.6) is 0 Å². The second-order valence-electron chi connectivity index (χ2n) is 4.41. The van der Waals surface area contributed by atoms with Gasteiger partial charge in [-0.25, -0.2) is 0 Å². The number of aromatic amines is 1. The smallest absolute Gasteiger partial charge is 0.270 e. The molecule has 0 saturated heterocycles. The fraction of sp³-hybridized carbons (Fsp3) is 0.417. The first-order valence-corrected chi connectivity index (χ1v) is 6.93. The Kier molecular flexibility index (Phi) is 4.67. The molecule has 2 aromatic rings. The molecule has 20 heavy (non-hydrogen) atoms. The van der Waals surface area contributed by atoms with Gasteiger partial charge in [-0.1, -0.05) is 23.2 Å². The van der Waals surface area contributed by atoms with Crippen molar-refractivity contribution in [3.05, 3.63) is 33.3 Å². The molecular weight excluding hydrogens is 301 g/mol. The predicted molar refractivity (Wildman–Crippen MR) is 77.3 cm³/mol. The summed E-state index contributed by atoms with van der Waals surface area (Å²) >= 11 is 11.9. The molecule has 2 N–H and O–H groups in total. The third kappa shape index (κ3) is 3.13. The maximum absolute atomic E-state index is 11.8. The van der Waals surface area contributed by atoms with Crippen molar-refractivity contribution in [2.24, 2.45) is 0 Å². The summed E-state index contributed by atoms with van der Waals surface area (Å²) in [4.78, 5) is 11.8. The first-order chi connectivity index (χ1) is 9.50. The number of nitrogens with one attached hydrogen (secondary N) is 2. The largest absolute Gasteiger partial charge is 0.351 e. The standard InChI is InChI=1S/C12H15Cl2N5O/c1-7-10(14)8(2)19(18-7)5-3-4-15-12(20)11-9(13)6-16-17-11/h6H,3-5H2,1-2H3,(H,15,20)(H,16,17). The highest BCUT2D eigenvalue weighted by molar-refractivity contribution is 6.33. The Bertz CT molecular complexity index is 619. The summed E-state index contributed by atoms with van der Waals surface area (Å²) in [5.74, 6) is -0.265. The summed E-state index contributed by atoms with van der Waals surface area (Å²) in [6.07, 6.45) is 2.14. The van der Waals surface area contributed by atoms with Crippen LogP contribution < -0.4 is 5.32 Å². The second-order valence-corrected chi connectivity index (χ2v) is 5.20. The Morgan fingerprint density at radius 3 is 2.75 bits per heavy atom. The Balaban J connectivity index is 1.81. The molecule has 0 fully saturated rings. The molecule has 0 radical (unpaired) electrons. The highest BCUT2D eigenvalue weighted by Gasteiger charge is 2.12. The predicted octanol–water partition coefficient (Wildman–Crippen LogP) is 2.35. The third-order valence-corrected chi connectivity index (χ3v) is 3.78.